The van der Waals surface area contributed by atoms with Crippen LogP contribution in [0.3, 0.4) is 0 Å². The van der Waals surface area contributed by atoms with Gasteiger partial charge in [0.05, 0.1) is 13.2 Å². The summed E-state index contributed by atoms with van der Waals surface area (Å²) in [5.41, 5.74) is 0.293. The SMILES string of the molecule is C=C(C)C(=O)OCCNC(=O)OC=COOCCOC. The van der Waals surface area contributed by atoms with Crippen molar-refractivity contribution in [3.8, 4) is 0 Å². The van der Waals surface area contributed by atoms with Crippen LogP contribution in [-0.2, 0) is 28.8 Å². The molecule has 0 aromatic heterocycles. The topological polar surface area (TPSA) is 92.3 Å². The molecule has 0 aliphatic rings. The van der Waals surface area contributed by atoms with Gasteiger partial charge >= 0.3 is 12.1 Å². The highest BCUT2D eigenvalue weighted by Gasteiger charge is 2.03. The Morgan fingerprint density at radius 2 is 1.95 bits per heavy atom. The first-order valence-electron chi connectivity index (χ1n) is 5.77. The molecule has 0 radical (unpaired) electrons. The van der Waals surface area contributed by atoms with Gasteiger partial charge in [-0.3, -0.25) is 0 Å². The summed E-state index contributed by atoms with van der Waals surface area (Å²) in [5.74, 6) is -0.512. The average Bonchev–Trinajstić information content (AvgIpc) is 2.42. The Kier molecular flexibility index (Phi) is 10.8. The number of esters is 1. The van der Waals surface area contributed by atoms with Crippen LogP contribution in [0, 0.1) is 0 Å². The molecule has 1 N–H and O–H groups in total. The lowest BCUT2D eigenvalue weighted by Gasteiger charge is -2.05. The Morgan fingerprint density at radius 1 is 1.20 bits per heavy atom. The average molecular weight is 289 g/mol. The number of rotatable bonds is 10. The zero-order chi connectivity index (χ0) is 15.2. The molecule has 0 aromatic carbocycles. The number of carbonyl (C=O) groups is 2. The van der Waals surface area contributed by atoms with Gasteiger partial charge in [-0.05, 0) is 6.92 Å². The molecule has 0 saturated carbocycles. The van der Waals surface area contributed by atoms with Gasteiger partial charge in [-0.25, -0.2) is 9.59 Å². The number of amides is 1. The van der Waals surface area contributed by atoms with Crippen molar-refractivity contribution in [3.63, 3.8) is 0 Å². The smallest absolute Gasteiger partial charge is 0.412 e. The molecule has 8 heteroatoms. The van der Waals surface area contributed by atoms with Crippen LogP contribution in [0.1, 0.15) is 6.92 Å². The maximum Gasteiger partial charge on any atom is 0.412 e. The summed E-state index contributed by atoms with van der Waals surface area (Å²) in [7, 11) is 1.53. The van der Waals surface area contributed by atoms with Gasteiger partial charge in [0.15, 0.2) is 6.26 Å². The van der Waals surface area contributed by atoms with Crippen molar-refractivity contribution in [1.29, 1.82) is 0 Å². The normalized spacial score (nSPS) is 10.1. The molecule has 0 aliphatic carbocycles. The first-order valence-corrected chi connectivity index (χ1v) is 5.77. The number of hydrogen-bond acceptors (Lipinski definition) is 7. The largest absolute Gasteiger partial charge is 0.460 e. The monoisotopic (exact) mass is 289 g/mol. The minimum Gasteiger partial charge on any atom is -0.460 e. The first kappa shape index (κ1) is 17.9. The molecule has 8 nitrogen and oxygen atoms in total. The summed E-state index contributed by atoms with van der Waals surface area (Å²) in [6.45, 7) is 5.74. The van der Waals surface area contributed by atoms with Crippen LogP contribution >= 0.6 is 0 Å². The summed E-state index contributed by atoms with van der Waals surface area (Å²) < 4.78 is 14.0. The van der Waals surface area contributed by atoms with Crippen LogP contribution in [0.15, 0.2) is 24.7 Å². The second-order valence-electron chi connectivity index (χ2n) is 3.43. The molecule has 114 valence electrons. The van der Waals surface area contributed by atoms with E-state index in [9.17, 15) is 9.59 Å². The lowest BCUT2D eigenvalue weighted by Crippen LogP contribution is -2.27. The Bertz CT molecular complexity index is 341. The van der Waals surface area contributed by atoms with Crippen molar-refractivity contribution in [2.75, 3.05) is 33.5 Å². The molecule has 0 aromatic rings. The second-order valence-corrected chi connectivity index (χ2v) is 3.43. The van der Waals surface area contributed by atoms with Crippen LogP contribution in [0.2, 0.25) is 0 Å². The quantitative estimate of drug-likeness (QED) is 0.159. The number of alkyl carbamates (subject to hydrolysis) is 1. The molecule has 0 aliphatic heterocycles. The molecular weight excluding hydrogens is 270 g/mol. The van der Waals surface area contributed by atoms with E-state index in [0.29, 0.717) is 12.2 Å². The maximum absolute atomic E-state index is 11.1. The van der Waals surface area contributed by atoms with E-state index in [1.54, 1.807) is 0 Å². The third-order valence-electron chi connectivity index (χ3n) is 1.68. The zero-order valence-electron chi connectivity index (χ0n) is 11.5. The fourth-order valence-electron chi connectivity index (χ4n) is 0.779. The lowest BCUT2D eigenvalue weighted by atomic mass is 10.4. The van der Waals surface area contributed by atoms with Crippen LogP contribution in [-0.4, -0.2) is 45.5 Å². The molecule has 0 spiro atoms. The molecule has 0 unspecified atom stereocenters. The number of ether oxygens (including phenoxy) is 3. The van der Waals surface area contributed by atoms with Gasteiger partial charge < -0.3 is 24.4 Å². The van der Waals surface area contributed by atoms with Gasteiger partial charge in [-0.1, -0.05) is 6.58 Å². The van der Waals surface area contributed by atoms with Crippen LogP contribution in [0.5, 0.6) is 0 Å². The van der Waals surface area contributed by atoms with E-state index in [4.69, 9.17) is 9.47 Å². The predicted molar refractivity (Wildman–Crippen MR) is 68.3 cm³/mol. The fraction of sp³-hybridized carbons (Fsp3) is 0.500. The van der Waals surface area contributed by atoms with Gasteiger partial charge in [-0.2, -0.15) is 4.89 Å². The number of hydrogen-bond donors (Lipinski definition) is 1. The highest BCUT2D eigenvalue weighted by molar-refractivity contribution is 5.86. The van der Waals surface area contributed by atoms with Crippen molar-refractivity contribution >= 4 is 12.1 Å². The van der Waals surface area contributed by atoms with Gasteiger partial charge in [0.1, 0.15) is 19.5 Å². The highest BCUT2D eigenvalue weighted by atomic mass is 17.2. The molecule has 0 rings (SSSR count). The van der Waals surface area contributed by atoms with E-state index < -0.39 is 12.1 Å². The predicted octanol–water partition coefficient (Wildman–Crippen LogP) is 0.898. The molecule has 20 heavy (non-hydrogen) atoms. The Morgan fingerprint density at radius 3 is 2.60 bits per heavy atom. The first-order chi connectivity index (χ1) is 9.57. The van der Waals surface area contributed by atoms with Gasteiger partial charge in [0.2, 0.25) is 0 Å². The van der Waals surface area contributed by atoms with E-state index in [0.717, 1.165) is 12.5 Å². The minimum absolute atomic E-state index is 0.0289. The number of nitrogens with one attached hydrogen (secondary N) is 1. The molecule has 0 heterocycles. The van der Waals surface area contributed by atoms with Gasteiger partial charge in [0, 0.05) is 12.7 Å². The summed E-state index contributed by atoms with van der Waals surface area (Å²) >= 11 is 0. The van der Waals surface area contributed by atoms with Crippen LogP contribution in [0.25, 0.3) is 0 Å². The standard InChI is InChI=1S/C12H19NO7/c1-10(2)11(14)17-5-4-13-12(15)18-7-9-20-19-8-6-16-3/h7,9H,1,4-6,8H2,2-3H3,(H,13,15). The second kappa shape index (κ2) is 12.0. The summed E-state index contributed by atoms with van der Waals surface area (Å²) in [6.07, 6.45) is 1.34. The summed E-state index contributed by atoms with van der Waals surface area (Å²) in [4.78, 5) is 31.2. The fourth-order valence-corrected chi connectivity index (χ4v) is 0.779. The molecule has 1 amide bonds. The van der Waals surface area contributed by atoms with E-state index in [1.807, 2.05) is 0 Å². The van der Waals surface area contributed by atoms with Crippen molar-refractivity contribution in [2.24, 2.45) is 0 Å². The molecule has 0 saturated heterocycles. The van der Waals surface area contributed by atoms with Crippen molar-refractivity contribution in [2.45, 2.75) is 6.92 Å². The molecule has 0 bridgehead atoms. The van der Waals surface area contributed by atoms with E-state index in [1.165, 1.54) is 14.0 Å². The molecular formula is C12H19NO7. The molecule has 0 fully saturated rings. The Labute approximate surface area is 117 Å². The Balaban J connectivity index is 3.47. The van der Waals surface area contributed by atoms with E-state index in [-0.39, 0.29) is 19.8 Å². The van der Waals surface area contributed by atoms with Crippen LogP contribution in [0.4, 0.5) is 4.79 Å². The van der Waals surface area contributed by atoms with Crippen molar-refractivity contribution < 1.29 is 33.6 Å². The highest BCUT2D eigenvalue weighted by Crippen LogP contribution is 1.91. The van der Waals surface area contributed by atoms with Crippen molar-refractivity contribution in [3.05, 3.63) is 24.7 Å². The minimum atomic E-state index is -0.715. The summed E-state index contributed by atoms with van der Waals surface area (Å²) in [5, 5.41) is 2.35. The molecule has 0 atom stereocenters. The summed E-state index contributed by atoms with van der Waals surface area (Å²) in [6, 6.07) is 0. The van der Waals surface area contributed by atoms with Gasteiger partial charge in [-0.15, -0.1) is 0 Å². The van der Waals surface area contributed by atoms with Crippen molar-refractivity contribution in [1.82, 2.24) is 5.32 Å². The van der Waals surface area contributed by atoms with Gasteiger partial charge in [0.25, 0.3) is 0 Å². The third kappa shape index (κ3) is 11.1. The Hall–Kier alpha value is -2.06. The van der Waals surface area contributed by atoms with E-state index >= 15 is 0 Å². The zero-order valence-corrected chi connectivity index (χ0v) is 11.5. The number of methoxy groups -OCH3 is 1. The van der Waals surface area contributed by atoms with Crippen LogP contribution < -0.4 is 5.32 Å². The maximum atomic E-state index is 11.1. The third-order valence-corrected chi connectivity index (χ3v) is 1.68. The van der Waals surface area contributed by atoms with E-state index in [2.05, 4.69) is 26.4 Å². The lowest BCUT2D eigenvalue weighted by molar-refractivity contribution is -0.254. The number of carbonyl (C=O) groups excluding carboxylic acids is 2.